The molecule has 4 rings (SSSR count). The molecule has 1 atom stereocenters. The van der Waals surface area contributed by atoms with E-state index in [0.29, 0.717) is 6.61 Å². The third-order valence-corrected chi connectivity index (χ3v) is 6.50. The summed E-state index contributed by atoms with van der Waals surface area (Å²) < 4.78 is 13.5. The van der Waals surface area contributed by atoms with Crippen LogP contribution in [-0.2, 0) is 17.2 Å². The lowest BCUT2D eigenvalue weighted by Gasteiger charge is -2.37. The Balaban J connectivity index is 1.48. The van der Waals surface area contributed by atoms with E-state index in [9.17, 15) is 0 Å². The molecule has 1 aliphatic carbocycles. The quantitative estimate of drug-likeness (QED) is 0.605. The minimum Gasteiger partial charge on any atom is -0.496 e. The van der Waals surface area contributed by atoms with Gasteiger partial charge in [0.25, 0.3) is 0 Å². The third-order valence-electron chi connectivity index (χ3n) is 6.50. The smallest absolute Gasteiger partial charge is 0.193 e. The second kappa shape index (κ2) is 9.08. The van der Waals surface area contributed by atoms with Crippen LogP contribution in [0.1, 0.15) is 42.9 Å². The number of hydrogen-bond donors (Lipinski definition) is 1. The van der Waals surface area contributed by atoms with Crippen LogP contribution in [0.25, 0.3) is 0 Å². The second-order valence-corrected chi connectivity index (χ2v) is 8.34. The van der Waals surface area contributed by atoms with Crippen LogP contribution < -0.4 is 10.1 Å². The molecule has 1 aromatic carbocycles. The van der Waals surface area contributed by atoms with Crippen LogP contribution in [0.3, 0.4) is 0 Å². The molecule has 1 unspecified atom stereocenters. The van der Waals surface area contributed by atoms with Crippen molar-refractivity contribution < 1.29 is 9.47 Å². The van der Waals surface area contributed by atoms with Gasteiger partial charge >= 0.3 is 0 Å². The summed E-state index contributed by atoms with van der Waals surface area (Å²) in [4.78, 5) is 6.89. The maximum absolute atomic E-state index is 6.01. The van der Waals surface area contributed by atoms with Crippen molar-refractivity contribution >= 4 is 5.96 Å². The van der Waals surface area contributed by atoms with Crippen LogP contribution in [0.5, 0.6) is 5.75 Å². The SMILES string of the molecule is CN=C(NCC1(c2ccccc2OC)CCCC1)N1CCOC(c2cnn(C)c2)C1. The van der Waals surface area contributed by atoms with Gasteiger partial charge in [0.15, 0.2) is 5.96 Å². The van der Waals surface area contributed by atoms with Crippen LogP contribution in [0.4, 0.5) is 0 Å². The molecule has 2 heterocycles. The van der Waals surface area contributed by atoms with Gasteiger partial charge in [-0.15, -0.1) is 0 Å². The molecule has 2 aromatic rings. The normalized spacial score (nSPS) is 21.6. The van der Waals surface area contributed by atoms with Crippen LogP contribution in [0.15, 0.2) is 41.7 Å². The lowest BCUT2D eigenvalue weighted by molar-refractivity contribution is -0.00811. The molecule has 1 saturated heterocycles. The van der Waals surface area contributed by atoms with Gasteiger partial charge in [0, 0.05) is 49.9 Å². The highest BCUT2D eigenvalue weighted by molar-refractivity contribution is 5.80. The first-order valence-electron chi connectivity index (χ1n) is 10.8. The highest BCUT2D eigenvalue weighted by Crippen LogP contribution is 2.44. The summed E-state index contributed by atoms with van der Waals surface area (Å²) in [6.07, 6.45) is 8.76. The first kappa shape index (κ1) is 20.7. The molecular weight excluding hydrogens is 378 g/mol. The van der Waals surface area contributed by atoms with Gasteiger partial charge in [-0.05, 0) is 18.9 Å². The Morgan fingerprint density at radius 3 is 2.83 bits per heavy atom. The number of benzene rings is 1. The number of nitrogens with one attached hydrogen (secondary N) is 1. The standard InChI is InChI=1S/C23H33N5O2/c1-24-22(28-12-13-30-21(16-28)18-14-26-27(2)15-18)25-17-23(10-6-7-11-23)19-8-4-5-9-20(19)29-3/h4-5,8-9,14-15,21H,6-7,10-13,16-17H2,1-3H3,(H,24,25). The van der Waals surface area contributed by atoms with E-state index in [-0.39, 0.29) is 11.5 Å². The minimum absolute atomic E-state index is 0.0145. The fourth-order valence-electron chi connectivity index (χ4n) is 4.91. The van der Waals surface area contributed by atoms with Crippen LogP contribution >= 0.6 is 0 Å². The molecule has 0 spiro atoms. The molecule has 7 heteroatoms. The zero-order valence-electron chi connectivity index (χ0n) is 18.3. The van der Waals surface area contributed by atoms with E-state index in [1.165, 1.54) is 31.2 Å². The Morgan fingerprint density at radius 1 is 1.33 bits per heavy atom. The molecule has 2 fully saturated rings. The lowest BCUT2D eigenvalue weighted by Crippen LogP contribution is -2.51. The zero-order valence-corrected chi connectivity index (χ0v) is 18.3. The Labute approximate surface area is 179 Å². The van der Waals surface area contributed by atoms with E-state index in [0.717, 1.165) is 36.9 Å². The van der Waals surface area contributed by atoms with Crippen LogP contribution in [-0.4, -0.2) is 61.0 Å². The summed E-state index contributed by atoms with van der Waals surface area (Å²) in [6, 6.07) is 8.46. The van der Waals surface area contributed by atoms with Crippen molar-refractivity contribution in [1.29, 1.82) is 0 Å². The Morgan fingerprint density at radius 2 is 2.13 bits per heavy atom. The molecule has 7 nitrogen and oxygen atoms in total. The maximum Gasteiger partial charge on any atom is 0.193 e. The van der Waals surface area contributed by atoms with Gasteiger partial charge in [-0.2, -0.15) is 5.10 Å². The summed E-state index contributed by atoms with van der Waals surface area (Å²) in [5, 5.41) is 7.98. The summed E-state index contributed by atoms with van der Waals surface area (Å²) in [6.45, 7) is 3.14. The van der Waals surface area contributed by atoms with E-state index in [2.05, 4.69) is 38.5 Å². The molecule has 2 aliphatic rings. The van der Waals surface area contributed by atoms with Gasteiger partial charge in [-0.25, -0.2) is 0 Å². The highest BCUT2D eigenvalue weighted by atomic mass is 16.5. The van der Waals surface area contributed by atoms with E-state index in [4.69, 9.17) is 9.47 Å². The molecular formula is C23H33N5O2. The Kier molecular flexibility index (Phi) is 6.27. The number of aryl methyl sites for hydroxylation is 1. The number of morpholine rings is 1. The van der Waals surface area contributed by atoms with Crippen molar-refractivity contribution in [2.45, 2.75) is 37.2 Å². The van der Waals surface area contributed by atoms with Gasteiger partial charge in [-0.3, -0.25) is 9.67 Å². The molecule has 0 bridgehead atoms. The van der Waals surface area contributed by atoms with Gasteiger partial charge in [0.05, 0.1) is 26.5 Å². The number of aliphatic imine (C=N–C) groups is 1. The van der Waals surface area contributed by atoms with Crippen LogP contribution in [0, 0.1) is 0 Å². The summed E-state index contributed by atoms with van der Waals surface area (Å²) in [5.41, 5.74) is 2.50. The van der Waals surface area contributed by atoms with E-state index in [1.807, 2.05) is 37.2 Å². The number of methoxy groups -OCH3 is 1. The molecule has 1 N–H and O–H groups in total. The van der Waals surface area contributed by atoms with E-state index >= 15 is 0 Å². The number of ether oxygens (including phenoxy) is 2. The van der Waals surface area contributed by atoms with Gasteiger partial charge < -0.3 is 19.7 Å². The number of nitrogens with zero attached hydrogens (tertiary/aromatic N) is 4. The van der Waals surface area contributed by atoms with Crippen molar-refractivity contribution in [3.63, 3.8) is 0 Å². The zero-order chi connectivity index (χ0) is 21.0. The average Bonchev–Trinajstić information content (AvgIpc) is 3.44. The lowest BCUT2D eigenvalue weighted by atomic mass is 9.78. The number of rotatable bonds is 5. The first-order valence-corrected chi connectivity index (χ1v) is 10.8. The molecule has 1 saturated carbocycles. The summed E-state index contributed by atoms with van der Waals surface area (Å²) in [7, 11) is 5.56. The topological polar surface area (TPSA) is 63.9 Å². The Hall–Kier alpha value is -2.54. The molecule has 30 heavy (non-hydrogen) atoms. The van der Waals surface area contributed by atoms with Crippen molar-refractivity contribution in [3.8, 4) is 5.75 Å². The second-order valence-electron chi connectivity index (χ2n) is 8.34. The third kappa shape index (κ3) is 4.17. The largest absolute Gasteiger partial charge is 0.496 e. The highest BCUT2D eigenvalue weighted by Gasteiger charge is 2.38. The summed E-state index contributed by atoms with van der Waals surface area (Å²) >= 11 is 0. The minimum atomic E-state index is 0.0145. The number of aromatic nitrogens is 2. The first-order chi connectivity index (χ1) is 14.6. The van der Waals surface area contributed by atoms with Crippen molar-refractivity contribution in [1.82, 2.24) is 20.0 Å². The molecule has 0 amide bonds. The fourth-order valence-corrected chi connectivity index (χ4v) is 4.91. The van der Waals surface area contributed by atoms with Crippen molar-refractivity contribution in [2.75, 3.05) is 40.4 Å². The van der Waals surface area contributed by atoms with Crippen molar-refractivity contribution in [3.05, 3.63) is 47.8 Å². The summed E-state index contributed by atoms with van der Waals surface area (Å²) in [5.74, 6) is 1.92. The van der Waals surface area contributed by atoms with Crippen LogP contribution in [0.2, 0.25) is 0 Å². The fraction of sp³-hybridized carbons (Fsp3) is 0.565. The maximum atomic E-state index is 6.01. The number of hydrogen-bond acceptors (Lipinski definition) is 4. The van der Waals surface area contributed by atoms with Gasteiger partial charge in [0.2, 0.25) is 0 Å². The molecule has 1 aliphatic heterocycles. The van der Waals surface area contributed by atoms with Crippen molar-refractivity contribution in [2.24, 2.45) is 12.0 Å². The molecule has 1 aromatic heterocycles. The monoisotopic (exact) mass is 411 g/mol. The molecule has 0 radical (unpaired) electrons. The average molecular weight is 412 g/mol. The number of para-hydroxylation sites is 1. The number of guanidine groups is 1. The van der Waals surface area contributed by atoms with Gasteiger partial charge in [-0.1, -0.05) is 31.0 Å². The van der Waals surface area contributed by atoms with Gasteiger partial charge in [0.1, 0.15) is 11.9 Å². The predicted octanol–water partition coefficient (Wildman–Crippen LogP) is 2.89. The Bertz CT molecular complexity index is 872. The van der Waals surface area contributed by atoms with E-state index in [1.54, 1.807) is 7.11 Å². The molecule has 162 valence electrons. The van der Waals surface area contributed by atoms with E-state index < -0.39 is 0 Å². The predicted molar refractivity (Wildman–Crippen MR) is 118 cm³/mol.